The van der Waals surface area contributed by atoms with Gasteiger partial charge in [-0.1, -0.05) is 13.3 Å². The molecule has 9 heteroatoms. The predicted octanol–water partition coefficient (Wildman–Crippen LogP) is 6.63. The van der Waals surface area contributed by atoms with Crippen molar-refractivity contribution < 1.29 is 22.8 Å². The van der Waals surface area contributed by atoms with Gasteiger partial charge in [-0.25, -0.2) is 13.6 Å². The SMILES string of the molecule is CCCCN(Cc1ccco1)c1ccc(NC(=O)Nc2ccc(F)cc2F)cc1C(=O)N1CCCCC1. The van der Waals surface area contributed by atoms with E-state index in [0.29, 0.717) is 37.0 Å². The molecule has 7 nitrogen and oxygen atoms in total. The topological polar surface area (TPSA) is 77.8 Å². The van der Waals surface area contributed by atoms with Crippen molar-refractivity contribution in [3.8, 4) is 0 Å². The van der Waals surface area contributed by atoms with Crippen molar-refractivity contribution in [1.29, 1.82) is 0 Å². The largest absolute Gasteiger partial charge is 0.467 e. The second-order valence-electron chi connectivity index (χ2n) is 9.14. The molecule has 2 N–H and O–H groups in total. The summed E-state index contributed by atoms with van der Waals surface area (Å²) in [6.07, 6.45) is 6.56. The molecule has 0 atom stereocenters. The normalized spacial score (nSPS) is 13.3. The van der Waals surface area contributed by atoms with Gasteiger partial charge in [0.05, 0.1) is 29.7 Å². The number of rotatable bonds is 9. The van der Waals surface area contributed by atoms with Crippen molar-refractivity contribution in [3.63, 3.8) is 0 Å². The van der Waals surface area contributed by atoms with Crippen LogP contribution in [0.5, 0.6) is 0 Å². The lowest BCUT2D eigenvalue weighted by Gasteiger charge is -2.31. The van der Waals surface area contributed by atoms with Crippen LogP contribution in [-0.4, -0.2) is 36.5 Å². The Bertz CT molecular complexity index is 1210. The van der Waals surface area contributed by atoms with E-state index in [2.05, 4.69) is 22.5 Å². The number of carbonyl (C=O) groups excluding carboxylic acids is 2. The van der Waals surface area contributed by atoms with Gasteiger partial charge in [-0.3, -0.25) is 4.79 Å². The molecule has 0 bridgehead atoms. The molecule has 3 aromatic rings. The third-order valence-corrected chi connectivity index (χ3v) is 6.36. The van der Waals surface area contributed by atoms with Gasteiger partial charge in [-0.05, 0) is 68.1 Å². The number of piperidine rings is 1. The second kappa shape index (κ2) is 12.4. The van der Waals surface area contributed by atoms with Crippen LogP contribution in [-0.2, 0) is 6.54 Å². The highest BCUT2D eigenvalue weighted by molar-refractivity contribution is 6.04. The van der Waals surface area contributed by atoms with Crippen LogP contribution in [0.25, 0.3) is 0 Å². The van der Waals surface area contributed by atoms with Crippen molar-refractivity contribution in [2.75, 3.05) is 35.2 Å². The minimum Gasteiger partial charge on any atom is -0.467 e. The Labute approximate surface area is 215 Å². The molecular weight excluding hydrogens is 478 g/mol. The molecule has 3 amide bonds. The lowest BCUT2D eigenvalue weighted by atomic mass is 10.1. The predicted molar refractivity (Wildman–Crippen MR) is 140 cm³/mol. The zero-order valence-corrected chi connectivity index (χ0v) is 20.9. The van der Waals surface area contributed by atoms with Gasteiger partial charge in [0.2, 0.25) is 0 Å². The highest BCUT2D eigenvalue weighted by atomic mass is 19.1. The molecule has 0 radical (unpaired) electrons. The van der Waals surface area contributed by atoms with Gasteiger partial charge in [-0.2, -0.15) is 0 Å². The van der Waals surface area contributed by atoms with Crippen LogP contribution in [0.4, 0.5) is 30.6 Å². The Morgan fingerprint density at radius 2 is 1.84 bits per heavy atom. The number of amides is 3. The number of halogens is 2. The Balaban J connectivity index is 1.62. The molecule has 0 spiro atoms. The van der Waals surface area contributed by atoms with Crippen molar-refractivity contribution in [2.45, 2.75) is 45.6 Å². The number of hydrogen-bond acceptors (Lipinski definition) is 4. The van der Waals surface area contributed by atoms with E-state index in [-0.39, 0.29) is 11.6 Å². The van der Waals surface area contributed by atoms with Gasteiger partial charge in [0, 0.05) is 31.4 Å². The third kappa shape index (κ3) is 6.87. The molecule has 2 aromatic carbocycles. The van der Waals surface area contributed by atoms with E-state index in [4.69, 9.17) is 4.42 Å². The first kappa shape index (κ1) is 26.2. The number of benzene rings is 2. The average molecular weight is 511 g/mol. The minimum atomic E-state index is -0.879. The first-order chi connectivity index (χ1) is 17.9. The molecule has 37 heavy (non-hydrogen) atoms. The maximum absolute atomic E-state index is 14.0. The molecule has 1 saturated heterocycles. The van der Waals surface area contributed by atoms with Crippen LogP contribution in [0.1, 0.15) is 55.1 Å². The zero-order valence-electron chi connectivity index (χ0n) is 20.9. The molecule has 0 unspecified atom stereocenters. The van der Waals surface area contributed by atoms with Gasteiger partial charge in [-0.15, -0.1) is 0 Å². The summed E-state index contributed by atoms with van der Waals surface area (Å²) < 4.78 is 32.7. The summed E-state index contributed by atoms with van der Waals surface area (Å²) in [4.78, 5) is 30.2. The molecule has 196 valence electrons. The number of unbranched alkanes of at least 4 members (excludes halogenated alkanes) is 1. The van der Waals surface area contributed by atoms with Gasteiger partial charge >= 0.3 is 6.03 Å². The van der Waals surface area contributed by atoms with E-state index in [9.17, 15) is 18.4 Å². The number of likely N-dealkylation sites (tertiary alicyclic amines) is 1. The summed E-state index contributed by atoms with van der Waals surface area (Å²) in [7, 11) is 0. The minimum absolute atomic E-state index is 0.0933. The first-order valence-corrected chi connectivity index (χ1v) is 12.7. The molecule has 1 aliphatic heterocycles. The monoisotopic (exact) mass is 510 g/mol. The quantitative estimate of drug-likeness (QED) is 0.339. The summed E-state index contributed by atoms with van der Waals surface area (Å²) in [5, 5.41) is 5.05. The third-order valence-electron chi connectivity index (χ3n) is 6.36. The lowest BCUT2D eigenvalue weighted by molar-refractivity contribution is 0.0725. The van der Waals surface area contributed by atoms with Crippen molar-refractivity contribution in [2.24, 2.45) is 0 Å². The average Bonchev–Trinajstić information content (AvgIpc) is 3.41. The second-order valence-corrected chi connectivity index (χ2v) is 9.14. The van der Waals surface area contributed by atoms with Crippen LogP contribution in [0, 0.1) is 11.6 Å². The number of carbonyl (C=O) groups is 2. The van der Waals surface area contributed by atoms with Crippen molar-refractivity contribution in [1.82, 2.24) is 4.90 Å². The summed E-state index contributed by atoms with van der Waals surface area (Å²) in [6.45, 7) is 4.72. The Hall–Kier alpha value is -3.88. The standard InChI is InChI=1S/C28H32F2N4O3/c1-2-3-13-34(19-22-8-7-16-37-22)26-12-10-21(18-23(26)27(35)33-14-5-4-6-15-33)31-28(36)32-25-11-9-20(29)17-24(25)30/h7-12,16-18H,2-6,13-15,19H2,1H3,(H2,31,32,36). The van der Waals surface area contributed by atoms with E-state index in [0.717, 1.165) is 62.2 Å². The molecule has 0 saturated carbocycles. The summed E-state index contributed by atoms with van der Waals surface area (Å²) >= 11 is 0. The highest BCUT2D eigenvalue weighted by Gasteiger charge is 2.24. The number of hydrogen-bond donors (Lipinski definition) is 2. The van der Waals surface area contributed by atoms with Gasteiger partial charge in [0.25, 0.3) is 5.91 Å². The lowest BCUT2D eigenvalue weighted by Crippen LogP contribution is -2.37. The smallest absolute Gasteiger partial charge is 0.323 e. The Kier molecular flexibility index (Phi) is 8.77. The molecule has 1 aliphatic rings. The van der Waals surface area contributed by atoms with E-state index in [1.54, 1.807) is 18.4 Å². The van der Waals surface area contributed by atoms with Crippen LogP contribution in [0.3, 0.4) is 0 Å². The summed E-state index contributed by atoms with van der Waals surface area (Å²) in [5.74, 6) is -0.919. The highest BCUT2D eigenvalue weighted by Crippen LogP contribution is 2.29. The molecule has 1 aromatic heterocycles. The van der Waals surface area contributed by atoms with E-state index in [1.807, 2.05) is 23.1 Å². The van der Waals surface area contributed by atoms with E-state index in [1.165, 1.54) is 0 Å². The van der Waals surface area contributed by atoms with Gasteiger partial charge < -0.3 is 24.9 Å². The fourth-order valence-electron chi connectivity index (χ4n) is 4.43. The van der Waals surface area contributed by atoms with Crippen LogP contribution in [0.15, 0.2) is 59.2 Å². The molecular formula is C28H32F2N4O3. The molecule has 4 rings (SSSR count). The Morgan fingerprint density at radius 1 is 1.03 bits per heavy atom. The molecule has 1 fully saturated rings. The molecule has 2 heterocycles. The first-order valence-electron chi connectivity index (χ1n) is 12.7. The number of urea groups is 1. The van der Waals surface area contributed by atoms with Gasteiger partial charge in [0.1, 0.15) is 17.4 Å². The van der Waals surface area contributed by atoms with E-state index < -0.39 is 17.7 Å². The van der Waals surface area contributed by atoms with Crippen molar-refractivity contribution in [3.05, 3.63) is 77.8 Å². The summed E-state index contributed by atoms with van der Waals surface area (Å²) in [5.41, 5.74) is 1.48. The number of furan rings is 1. The Morgan fingerprint density at radius 3 is 2.54 bits per heavy atom. The maximum atomic E-state index is 14.0. The number of anilines is 3. The van der Waals surface area contributed by atoms with Gasteiger partial charge in [0.15, 0.2) is 0 Å². The zero-order chi connectivity index (χ0) is 26.2. The fraction of sp³-hybridized carbons (Fsp3) is 0.357. The summed E-state index contributed by atoms with van der Waals surface area (Å²) in [6, 6.07) is 11.1. The fourth-order valence-corrected chi connectivity index (χ4v) is 4.43. The van der Waals surface area contributed by atoms with Crippen LogP contribution in [0.2, 0.25) is 0 Å². The van der Waals surface area contributed by atoms with E-state index >= 15 is 0 Å². The molecule has 0 aliphatic carbocycles. The maximum Gasteiger partial charge on any atom is 0.323 e. The van der Waals surface area contributed by atoms with Crippen LogP contribution >= 0.6 is 0 Å². The number of nitrogens with one attached hydrogen (secondary N) is 2. The number of nitrogens with zero attached hydrogens (tertiary/aromatic N) is 2. The van der Waals surface area contributed by atoms with Crippen LogP contribution < -0.4 is 15.5 Å². The van der Waals surface area contributed by atoms with Crippen molar-refractivity contribution >= 4 is 29.0 Å².